The van der Waals surface area contributed by atoms with E-state index >= 15 is 0 Å². The number of nitrogens with zero attached hydrogens (tertiary/aromatic N) is 3. The summed E-state index contributed by atoms with van der Waals surface area (Å²) >= 11 is 0. The summed E-state index contributed by atoms with van der Waals surface area (Å²) in [5, 5.41) is 4.02. The van der Waals surface area contributed by atoms with E-state index in [9.17, 15) is 9.18 Å². The normalized spacial score (nSPS) is 17.3. The van der Waals surface area contributed by atoms with E-state index < -0.39 is 0 Å². The lowest BCUT2D eigenvalue weighted by Gasteiger charge is -2.31. The average molecular weight is 431 g/mol. The molecule has 8 heteroatoms. The van der Waals surface area contributed by atoms with E-state index in [0.29, 0.717) is 30.4 Å². The van der Waals surface area contributed by atoms with Crippen LogP contribution in [0.15, 0.2) is 59.1 Å². The molecule has 2 atom stereocenters. The van der Waals surface area contributed by atoms with Crippen molar-refractivity contribution in [3.8, 4) is 11.4 Å². The number of carbonyl (C=O) groups excluding carboxylic acids is 1. The van der Waals surface area contributed by atoms with Crippen molar-refractivity contribution in [2.45, 2.75) is 31.2 Å². The van der Waals surface area contributed by atoms with Gasteiger partial charge in [0.05, 0.1) is 5.92 Å². The van der Waals surface area contributed by atoms with Gasteiger partial charge in [0.25, 0.3) is 0 Å². The Balaban J connectivity index is 0.00000256. The zero-order valence-corrected chi connectivity index (χ0v) is 17.2. The number of rotatable bonds is 5. The first-order chi connectivity index (χ1) is 14.1. The van der Waals surface area contributed by atoms with Crippen LogP contribution in [0.2, 0.25) is 0 Å². The molecule has 0 bridgehead atoms. The molecule has 1 aromatic heterocycles. The van der Waals surface area contributed by atoms with E-state index in [2.05, 4.69) is 10.1 Å². The van der Waals surface area contributed by atoms with E-state index in [1.54, 1.807) is 12.1 Å². The second-order valence-electron chi connectivity index (χ2n) is 7.36. The Kier molecular flexibility index (Phi) is 7.18. The molecule has 1 aliphatic rings. The summed E-state index contributed by atoms with van der Waals surface area (Å²) in [4.78, 5) is 19.1. The minimum absolute atomic E-state index is 0. The van der Waals surface area contributed by atoms with Crippen LogP contribution in [0.3, 0.4) is 0 Å². The summed E-state index contributed by atoms with van der Waals surface area (Å²) in [5.41, 5.74) is 7.86. The summed E-state index contributed by atoms with van der Waals surface area (Å²) in [7, 11) is 0. The van der Waals surface area contributed by atoms with Crippen molar-refractivity contribution in [2.24, 2.45) is 5.73 Å². The topological polar surface area (TPSA) is 85.3 Å². The minimum atomic E-state index is -0.322. The summed E-state index contributed by atoms with van der Waals surface area (Å²) in [6.45, 7) is 1.24. The average Bonchev–Trinajstić information content (AvgIpc) is 3.25. The Morgan fingerprint density at radius 2 is 1.93 bits per heavy atom. The van der Waals surface area contributed by atoms with Crippen LogP contribution in [-0.4, -0.2) is 34.0 Å². The van der Waals surface area contributed by atoms with Crippen LogP contribution in [0.25, 0.3) is 11.4 Å². The van der Waals surface area contributed by atoms with Crippen LogP contribution in [-0.2, 0) is 4.79 Å². The van der Waals surface area contributed by atoms with E-state index in [1.807, 2.05) is 35.2 Å². The molecule has 6 nitrogen and oxygen atoms in total. The fraction of sp³-hybridized carbons (Fsp3) is 0.318. The van der Waals surface area contributed by atoms with Crippen molar-refractivity contribution in [2.75, 3.05) is 13.1 Å². The van der Waals surface area contributed by atoms with Gasteiger partial charge < -0.3 is 15.2 Å². The van der Waals surface area contributed by atoms with Crippen molar-refractivity contribution in [1.29, 1.82) is 0 Å². The monoisotopic (exact) mass is 430 g/mol. The molecule has 2 aromatic carbocycles. The van der Waals surface area contributed by atoms with Gasteiger partial charge in [-0.15, -0.1) is 12.4 Å². The number of halogens is 2. The zero-order chi connectivity index (χ0) is 20.2. The first-order valence-corrected chi connectivity index (χ1v) is 9.78. The van der Waals surface area contributed by atoms with Gasteiger partial charge in [-0.05, 0) is 42.7 Å². The molecule has 0 spiro atoms. The summed E-state index contributed by atoms with van der Waals surface area (Å²) < 4.78 is 18.6. The lowest BCUT2D eigenvalue weighted by molar-refractivity contribution is -0.132. The number of carbonyl (C=O) groups is 1. The van der Waals surface area contributed by atoms with E-state index in [4.69, 9.17) is 10.3 Å². The van der Waals surface area contributed by atoms with Gasteiger partial charge in [0.15, 0.2) is 0 Å². The smallest absolute Gasteiger partial charge is 0.231 e. The molecular formula is C22H24ClFN4O2. The Morgan fingerprint density at radius 3 is 2.67 bits per heavy atom. The fourth-order valence-corrected chi connectivity index (χ4v) is 3.66. The van der Waals surface area contributed by atoms with Crippen LogP contribution < -0.4 is 5.73 Å². The lowest BCUT2D eigenvalue weighted by atomic mass is 9.96. The Morgan fingerprint density at radius 1 is 1.20 bits per heavy atom. The number of nitrogens with two attached hydrogens (primary N) is 1. The van der Waals surface area contributed by atoms with E-state index in [-0.39, 0.29) is 42.5 Å². The third-order valence-electron chi connectivity index (χ3n) is 5.29. The maximum atomic E-state index is 13.1. The van der Waals surface area contributed by atoms with Crippen molar-refractivity contribution < 1.29 is 13.7 Å². The Hall–Kier alpha value is -2.77. The fourth-order valence-electron chi connectivity index (χ4n) is 3.66. The van der Waals surface area contributed by atoms with Crippen molar-refractivity contribution in [3.05, 3.63) is 71.9 Å². The van der Waals surface area contributed by atoms with Crippen molar-refractivity contribution >= 4 is 18.3 Å². The van der Waals surface area contributed by atoms with E-state index in [0.717, 1.165) is 18.4 Å². The molecule has 2 heterocycles. The van der Waals surface area contributed by atoms with Gasteiger partial charge >= 0.3 is 0 Å². The SMILES string of the molecule is Cl.NC(CC(=O)N1CCCC(c2nc(-c3ccc(F)cc3)no2)C1)c1ccccc1. The molecule has 3 aromatic rings. The molecule has 2 N–H and O–H groups in total. The molecule has 1 fully saturated rings. The van der Waals surface area contributed by atoms with Gasteiger partial charge in [-0.2, -0.15) is 4.98 Å². The predicted octanol–water partition coefficient (Wildman–Crippen LogP) is 4.09. The largest absolute Gasteiger partial charge is 0.342 e. The second-order valence-corrected chi connectivity index (χ2v) is 7.36. The van der Waals surface area contributed by atoms with Gasteiger partial charge in [-0.1, -0.05) is 35.5 Å². The molecular weight excluding hydrogens is 407 g/mol. The number of hydrogen-bond donors (Lipinski definition) is 1. The molecule has 0 radical (unpaired) electrons. The Bertz CT molecular complexity index is 965. The van der Waals surface area contributed by atoms with E-state index in [1.165, 1.54) is 12.1 Å². The molecule has 30 heavy (non-hydrogen) atoms. The molecule has 158 valence electrons. The maximum absolute atomic E-state index is 13.1. The van der Waals surface area contributed by atoms with Crippen molar-refractivity contribution in [3.63, 3.8) is 0 Å². The van der Waals surface area contributed by atoms with Crippen molar-refractivity contribution in [1.82, 2.24) is 15.0 Å². The number of aromatic nitrogens is 2. The minimum Gasteiger partial charge on any atom is -0.342 e. The molecule has 4 rings (SSSR count). The molecule has 1 amide bonds. The Labute approximate surface area is 180 Å². The summed E-state index contributed by atoms with van der Waals surface area (Å²) in [5.74, 6) is 0.642. The van der Waals surface area contributed by atoms with Crippen LogP contribution >= 0.6 is 12.4 Å². The van der Waals surface area contributed by atoms with Gasteiger partial charge in [0.1, 0.15) is 5.82 Å². The van der Waals surface area contributed by atoms with Gasteiger partial charge in [0.2, 0.25) is 17.6 Å². The predicted molar refractivity (Wildman–Crippen MR) is 113 cm³/mol. The molecule has 2 unspecified atom stereocenters. The second kappa shape index (κ2) is 9.82. The number of amides is 1. The van der Waals surface area contributed by atoms with Gasteiger partial charge in [0, 0.05) is 31.1 Å². The van der Waals surface area contributed by atoms with Crippen LogP contribution in [0.1, 0.15) is 42.7 Å². The number of likely N-dealkylation sites (tertiary alicyclic amines) is 1. The van der Waals surface area contributed by atoms with Crippen LogP contribution in [0, 0.1) is 5.82 Å². The molecule has 1 aliphatic heterocycles. The number of benzene rings is 2. The van der Waals surface area contributed by atoms with Crippen LogP contribution in [0.4, 0.5) is 4.39 Å². The maximum Gasteiger partial charge on any atom is 0.231 e. The number of hydrogen-bond acceptors (Lipinski definition) is 5. The zero-order valence-electron chi connectivity index (χ0n) is 16.4. The highest BCUT2D eigenvalue weighted by molar-refractivity contribution is 5.85. The van der Waals surface area contributed by atoms with Gasteiger partial charge in [-0.25, -0.2) is 4.39 Å². The summed E-state index contributed by atoms with van der Waals surface area (Å²) in [6.07, 6.45) is 2.01. The third-order valence-corrected chi connectivity index (χ3v) is 5.29. The first kappa shape index (κ1) is 21.9. The quantitative estimate of drug-likeness (QED) is 0.658. The number of piperidine rings is 1. The third kappa shape index (κ3) is 5.04. The highest BCUT2D eigenvalue weighted by Crippen LogP contribution is 2.28. The van der Waals surface area contributed by atoms with Crippen LogP contribution in [0.5, 0.6) is 0 Å². The molecule has 1 saturated heterocycles. The lowest BCUT2D eigenvalue weighted by Crippen LogP contribution is -2.40. The highest BCUT2D eigenvalue weighted by Gasteiger charge is 2.29. The first-order valence-electron chi connectivity index (χ1n) is 9.78. The standard InChI is InChI=1S/C22H23FN4O2.ClH/c23-18-10-8-16(9-11-18)21-25-22(29-26-21)17-7-4-12-27(14-17)20(28)13-19(24)15-5-2-1-3-6-15;/h1-3,5-6,8-11,17,19H,4,7,12-14,24H2;1H. The van der Waals surface area contributed by atoms with Gasteiger partial charge in [-0.3, -0.25) is 4.79 Å². The molecule has 0 aliphatic carbocycles. The summed E-state index contributed by atoms with van der Waals surface area (Å²) in [6, 6.07) is 15.3. The molecule has 0 saturated carbocycles. The highest BCUT2D eigenvalue weighted by atomic mass is 35.5.